The molecular formula is C24H40IN5O2. The van der Waals surface area contributed by atoms with Crippen molar-refractivity contribution in [3.63, 3.8) is 0 Å². The molecule has 7 nitrogen and oxygen atoms in total. The van der Waals surface area contributed by atoms with Crippen LogP contribution in [0.2, 0.25) is 0 Å². The first kappa shape index (κ1) is 26.9. The Bertz CT molecular complexity index is 718. The quantitative estimate of drug-likeness (QED) is 0.183. The van der Waals surface area contributed by atoms with Gasteiger partial charge in [-0.1, -0.05) is 30.3 Å². The highest BCUT2D eigenvalue weighted by molar-refractivity contribution is 14.0. The van der Waals surface area contributed by atoms with Crippen LogP contribution in [0.5, 0.6) is 0 Å². The number of benzene rings is 1. The summed E-state index contributed by atoms with van der Waals surface area (Å²) in [7, 11) is 4.03. The summed E-state index contributed by atoms with van der Waals surface area (Å²) in [5.41, 5.74) is 1.40. The molecule has 0 saturated carbocycles. The number of piperazine rings is 1. The van der Waals surface area contributed by atoms with Gasteiger partial charge in [-0.25, -0.2) is 0 Å². The fraction of sp³-hybridized carbons (Fsp3) is 0.667. The van der Waals surface area contributed by atoms with Gasteiger partial charge in [0.2, 0.25) is 0 Å². The first-order chi connectivity index (χ1) is 15.1. The summed E-state index contributed by atoms with van der Waals surface area (Å²) in [5, 5.41) is 3.52. The lowest BCUT2D eigenvalue weighted by molar-refractivity contribution is -0.149. The van der Waals surface area contributed by atoms with E-state index >= 15 is 0 Å². The van der Waals surface area contributed by atoms with Crippen molar-refractivity contribution < 1.29 is 9.53 Å². The third kappa shape index (κ3) is 7.59. The number of nitrogens with zero attached hydrogens (tertiary/aromatic N) is 4. The van der Waals surface area contributed by atoms with Gasteiger partial charge in [-0.05, 0) is 38.8 Å². The number of rotatable bonds is 7. The van der Waals surface area contributed by atoms with Crippen LogP contribution in [-0.4, -0.2) is 93.1 Å². The number of halogens is 1. The van der Waals surface area contributed by atoms with Crippen molar-refractivity contribution in [3.05, 3.63) is 35.9 Å². The molecule has 0 aliphatic carbocycles. The average Bonchev–Trinajstić information content (AvgIpc) is 2.80. The van der Waals surface area contributed by atoms with Gasteiger partial charge in [-0.15, -0.1) is 24.0 Å². The number of likely N-dealkylation sites (tertiary alicyclic amines) is 1. The van der Waals surface area contributed by atoms with Gasteiger partial charge >= 0.3 is 5.97 Å². The standard InChI is InChI=1S/C24H39N5O2.HI/c1-4-31-23(30)21-12-8-14-29(18-21)24(25-2)26-13-9-15-28-17-16-27(3)19-22(28)20-10-6-5-7-11-20;/h5-7,10-11,21-22H,4,8-9,12-19H2,1-3H3,(H,25,26);1H. The Balaban J connectivity index is 0.00000363. The second kappa shape index (κ2) is 14.0. The Kier molecular flexibility index (Phi) is 11.7. The van der Waals surface area contributed by atoms with Gasteiger partial charge < -0.3 is 19.9 Å². The number of likely N-dealkylation sites (N-methyl/N-ethyl adjacent to an activating group) is 1. The van der Waals surface area contributed by atoms with Gasteiger partial charge in [0.05, 0.1) is 12.5 Å². The van der Waals surface area contributed by atoms with Crippen molar-refractivity contribution in [2.45, 2.75) is 32.2 Å². The van der Waals surface area contributed by atoms with Crippen molar-refractivity contribution in [2.75, 3.05) is 66.5 Å². The van der Waals surface area contributed by atoms with E-state index in [1.54, 1.807) is 0 Å². The number of hydrogen-bond donors (Lipinski definition) is 1. The van der Waals surface area contributed by atoms with Crippen LogP contribution in [0.15, 0.2) is 35.3 Å². The number of guanidine groups is 1. The van der Waals surface area contributed by atoms with Crippen LogP contribution in [0.25, 0.3) is 0 Å². The number of carbonyl (C=O) groups excluding carboxylic acids is 1. The minimum Gasteiger partial charge on any atom is -0.466 e. The molecule has 32 heavy (non-hydrogen) atoms. The number of esters is 1. The van der Waals surface area contributed by atoms with E-state index in [4.69, 9.17) is 4.74 Å². The van der Waals surface area contributed by atoms with Crippen LogP contribution in [0.3, 0.4) is 0 Å². The zero-order valence-corrected chi connectivity index (χ0v) is 22.2. The maximum absolute atomic E-state index is 12.1. The second-order valence-electron chi connectivity index (χ2n) is 8.59. The van der Waals surface area contributed by atoms with Crippen molar-refractivity contribution in [1.29, 1.82) is 0 Å². The summed E-state index contributed by atoms with van der Waals surface area (Å²) in [6.45, 7) is 9.14. The molecule has 0 aromatic heterocycles. The molecule has 1 aromatic rings. The Morgan fingerprint density at radius 3 is 2.69 bits per heavy atom. The summed E-state index contributed by atoms with van der Waals surface area (Å²) < 4.78 is 5.23. The predicted octanol–water partition coefficient (Wildman–Crippen LogP) is 2.83. The lowest BCUT2D eigenvalue weighted by Gasteiger charge is -2.40. The lowest BCUT2D eigenvalue weighted by atomic mass is 9.98. The molecule has 2 heterocycles. The van der Waals surface area contributed by atoms with Crippen LogP contribution >= 0.6 is 24.0 Å². The van der Waals surface area contributed by atoms with Crippen LogP contribution in [-0.2, 0) is 9.53 Å². The minimum atomic E-state index is -0.0790. The van der Waals surface area contributed by atoms with Crippen molar-refractivity contribution in [1.82, 2.24) is 20.0 Å². The van der Waals surface area contributed by atoms with Gasteiger partial charge in [0.25, 0.3) is 0 Å². The van der Waals surface area contributed by atoms with Crippen LogP contribution < -0.4 is 5.32 Å². The first-order valence-corrected chi connectivity index (χ1v) is 11.7. The first-order valence-electron chi connectivity index (χ1n) is 11.7. The highest BCUT2D eigenvalue weighted by Crippen LogP contribution is 2.24. The lowest BCUT2D eigenvalue weighted by Crippen LogP contribution is -2.49. The fourth-order valence-corrected chi connectivity index (χ4v) is 4.65. The number of nitrogens with one attached hydrogen (secondary N) is 1. The third-order valence-electron chi connectivity index (χ3n) is 6.34. The normalized spacial score (nSPS) is 22.8. The van der Waals surface area contributed by atoms with Gasteiger partial charge in [-0.2, -0.15) is 0 Å². The molecule has 8 heteroatoms. The summed E-state index contributed by atoms with van der Waals surface area (Å²) >= 11 is 0. The summed E-state index contributed by atoms with van der Waals surface area (Å²) in [6.07, 6.45) is 2.95. The number of hydrogen-bond acceptors (Lipinski definition) is 5. The largest absolute Gasteiger partial charge is 0.466 e. The molecule has 2 aliphatic rings. The highest BCUT2D eigenvalue weighted by Gasteiger charge is 2.29. The van der Waals surface area contributed by atoms with E-state index in [9.17, 15) is 4.79 Å². The topological polar surface area (TPSA) is 60.4 Å². The molecule has 0 radical (unpaired) electrons. The van der Waals surface area contributed by atoms with E-state index in [0.717, 1.165) is 64.5 Å². The van der Waals surface area contributed by atoms with E-state index < -0.39 is 0 Å². The zero-order chi connectivity index (χ0) is 22.1. The Hall–Kier alpha value is -1.39. The SMILES string of the molecule is CCOC(=O)C1CCCN(C(=NC)NCCCN2CCN(C)CC2c2ccccc2)C1.I. The molecule has 180 valence electrons. The third-order valence-corrected chi connectivity index (χ3v) is 6.34. The van der Waals surface area contributed by atoms with E-state index in [2.05, 4.69) is 62.4 Å². The molecule has 2 fully saturated rings. The van der Waals surface area contributed by atoms with Gasteiger partial charge in [-0.3, -0.25) is 14.7 Å². The molecule has 1 aromatic carbocycles. The van der Waals surface area contributed by atoms with E-state index in [0.29, 0.717) is 19.2 Å². The number of piperidine rings is 1. The van der Waals surface area contributed by atoms with Crippen molar-refractivity contribution >= 4 is 35.9 Å². The van der Waals surface area contributed by atoms with Crippen molar-refractivity contribution in [3.8, 4) is 0 Å². The van der Waals surface area contributed by atoms with Gasteiger partial charge in [0.15, 0.2) is 5.96 Å². The maximum Gasteiger partial charge on any atom is 0.310 e. The smallest absolute Gasteiger partial charge is 0.310 e. The Labute approximate surface area is 210 Å². The summed E-state index contributed by atoms with van der Waals surface area (Å²) in [5.74, 6) is 0.765. The molecule has 0 amide bonds. The average molecular weight is 558 g/mol. The van der Waals surface area contributed by atoms with Crippen LogP contribution in [0.1, 0.15) is 37.8 Å². The van der Waals surface area contributed by atoms with E-state index in [1.807, 2.05) is 14.0 Å². The van der Waals surface area contributed by atoms with E-state index in [1.165, 1.54) is 5.56 Å². The summed E-state index contributed by atoms with van der Waals surface area (Å²) in [6, 6.07) is 11.3. The van der Waals surface area contributed by atoms with Crippen LogP contribution in [0, 0.1) is 5.92 Å². The molecule has 0 spiro atoms. The number of aliphatic imine (C=N–C) groups is 1. The van der Waals surface area contributed by atoms with Crippen molar-refractivity contribution in [2.24, 2.45) is 10.9 Å². The van der Waals surface area contributed by atoms with Crippen LogP contribution in [0.4, 0.5) is 0 Å². The van der Waals surface area contributed by atoms with Gasteiger partial charge in [0, 0.05) is 58.9 Å². The molecule has 1 N–H and O–H groups in total. The number of carbonyl (C=O) groups is 1. The molecule has 3 rings (SSSR count). The highest BCUT2D eigenvalue weighted by atomic mass is 127. The molecule has 2 aliphatic heterocycles. The minimum absolute atomic E-state index is 0. The Morgan fingerprint density at radius 2 is 1.97 bits per heavy atom. The molecular weight excluding hydrogens is 517 g/mol. The summed E-state index contributed by atoms with van der Waals surface area (Å²) in [4.78, 5) is 23.8. The molecule has 0 bridgehead atoms. The van der Waals surface area contributed by atoms with Gasteiger partial charge in [0.1, 0.15) is 0 Å². The number of ether oxygens (including phenoxy) is 1. The predicted molar refractivity (Wildman–Crippen MR) is 141 cm³/mol. The molecule has 2 unspecified atom stereocenters. The van der Waals surface area contributed by atoms with E-state index in [-0.39, 0.29) is 35.9 Å². The Morgan fingerprint density at radius 1 is 1.19 bits per heavy atom. The zero-order valence-electron chi connectivity index (χ0n) is 19.8. The maximum atomic E-state index is 12.1. The second-order valence-corrected chi connectivity index (χ2v) is 8.59. The molecule has 2 saturated heterocycles. The fourth-order valence-electron chi connectivity index (χ4n) is 4.65. The monoisotopic (exact) mass is 557 g/mol. The molecule has 2 atom stereocenters.